The Bertz CT molecular complexity index is 888. The highest BCUT2D eigenvalue weighted by Crippen LogP contribution is 2.34. The van der Waals surface area contributed by atoms with E-state index in [9.17, 15) is 4.79 Å². The van der Waals surface area contributed by atoms with Crippen LogP contribution in [0.3, 0.4) is 0 Å². The summed E-state index contributed by atoms with van der Waals surface area (Å²) in [5.74, 6) is 2.15. The van der Waals surface area contributed by atoms with E-state index >= 15 is 0 Å². The number of ether oxygens (including phenoxy) is 1. The summed E-state index contributed by atoms with van der Waals surface area (Å²) in [6.07, 6.45) is 12.6. The van der Waals surface area contributed by atoms with Gasteiger partial charge in [-0.15, -0.1) is 0 Å². The first-order valence-corrected chi connectivity index (χ1v) is 12.3. The lowest BCUT2D eigenvalue weighted by atomic mass is 9.85. The third-order valence-electron chi connectivity index (χ3n) is 7.25. The molecule has 2 heterocycles. The number of benzene rings is 1. The van der Waals surface area contributed by atoms with Crippen LogP contribution in [0, 0.1) is 12.8 Å². The van der Waals surface area contributed by atoms with Crippen molar-refractivity contribution in [3.63, 3.8) is 0 Å². The Morgan fingerprint density at radius 3 is 2.84 bits per heavy atom. The van der Waals surface area contributed by atoms with Gasteiger partial charge in [0.15, 0.2) is 0 Å². The van der Waals surface area contributed by atoms with E-state index in [1.54, 1.807) is 7.11 Å². The van der Waals surface area contributed by atoms with Crippen LogP contribution in [-0.4, -0.2) is 41.2 Å². The van der Waals surface area contributed by atoms with Gasteiger partial charge in [0.05, 0.1) is 13.3 Å². The molecule has 32 heavy (non-hydrogen) atoms. The highest BCUT2D eigenvalue weighted by molar-refractivity contribution is 5.91. The van der Waals surface area contributed by atoms with Crippen molar-refractivity contribution in [1.29, 1.82) is 0 Å². The quantitative estimate of drug-likeness (QED) is 0.578. The van der Waals surface area contributed by atoms with Gasteiger partial charge in [-0.2, -0.15) is 5.10 Å². The van der Waals surface area contributed by atoms with Crippen molar-refractivity contribution in [1.82, 2.24) is 15.1 Å². The number of methoxy groups -OCH3 is 1. The summed E-state index contributed by atoms with van der Waals surface area (Å²) in [7, 11) is 1.66. The normalized spacial score (nSPS) is 20.2. The van der Waals surface area contributed by atoms with Crippen LogP contribution in [0.15, 0.2) is 24.4 Å². The van der Waals surface area contributed by atoms with Gasteiger partial charge in [-0.1, -0.05) is 19.3 Å². The molecule has 4 rings (SSSR count). The molecule has 2 fully saturated rings. The fourth-order valence-corrected chi connectivity index (χ4v) is 5.41. The molecule has 1 saturated heterocycles. The Morgan fingerprint density at radius 2 is 2.06 bits per heavy atom. The van der Waals surface area contributed by atoms with Crippen LogP contribution in [0.2, 0.25) is 0 Å². The van der Waals surface area contributed by atoms with Crippen LogP contribution in [-0.2, 0) is 11.3 Å². The van der Waals surface area contributed by atoms with Crippen molar-refractivity contribution in [3.8, 4) is 5.75 Å². The first kappa shape index (κ1) is 22.8. The van der Waals surface area contributed by atoms with Crippen LogP contribution in [0.4, 0.5) is 5.69 Å². The van der Waals surface area contributed by atoms with E-state index in [-0.39, 0.29) is 5.91 Å². The molecule has 6 heteroatoms. The number of rotatable bonds is 8. The molecule has 0 unspecified atom stereocenters. The van der Waals surface area contributed by atoms with Gasteiger partial charge in [0.25, 0.3) is 0 Å². The van der Waals surface area contributed by atoms with Crippen LogP contribution in [0.5, 0.6) is 5.75 Å². The number of likely N-dealkylation sites (tertiary alicyclic amines) is 1. The van der Waals surface area contributed by atoms with E-state index < -0.39 is 0 Å². The summed E-state index contributed by atoms with van der Waals surface area (Å²) in [6, 6.07) is 5.76. The zero-order valence-corrected chi connectivity index (χ0v) is 19.7. The summed E-state index contributed by atoms with van der Waals surface area (Å²) in [5.41, 5.74) is 4.65. The second-order valence-electron chi connectivity index (χ2n) is 9.65. The topological polar surface area (TPSA) is 70.2 Å². The molecule has 0 spiro atoms. The Kier molecular flexibility index (Phi) is 7.85. The highest BCUT2D eigenvalue weighted by atomic mass is 16.5. The Balaban J connectivity index is 1.26. The number of amides is 1. The Morgan fingerprint density at radius 1 is 1.22 bits per heavy atom. The molecule has 1 saturated carbocycles. The predicted octanol–water partition coefficient (Wildman–Crippen LogP) is 5.41. The zero-order chi connectivity index (χ0) is 22.3. The smallest absolute Gasteiger partial charge is 0.224 e. The summed E-state index contributed by atoms with van der Waals surface area (Å²) in [6.45, 7) is 5.19. The average molecular weight is 439 g/mol. The summed E-state index contributed by atoms with van der Waals surface area (Å²) in [4.78, 5) is 15.1. The monoisotopic (exact) mass is 438 g/mol. The maximum Gasteiger partial charge on any atom is 0.224 e. The van der Waals surface area contributed by atoms with Gasteiger partial charge in [-0.3, -0.25) is 14.8 Å². The fourth-order valence-electron chi connectivity index (χ4n) is 5.41. The summed E-state index contributed by atoms with van der Waals surface area (Å²) >= 11 is 0. The van der Waals surface area contributed by atoms with E-state index in [0.29, 0.717) is 18.3 Å². The largest absolute Gasteiger partial charge is 0.497 e. The molecular weight excluding hydrogens is 400 g/mol. The maximum absolute atomic E-state index is 12.6. The van der Waals surface area contributed by atoms with Gasteiger partial charge < -0.3 is 10.1 Å². The molecule has 1 aromatic carbocycles. The first-order chi connectivity index (χ1) is 15.6. The van der Waals surface area contributed by atoms with E-state index in [1.807, 2.05) is 31.3 Å². The second kappa shape index (κ2) is 11.0. The van der Waals surface area contributed by atoms with E-state index in [2.05, 4.69) is 20.4 Å². The minimum atomic E-state index is 0.102. The number of anilines is 1. The number of carbonyl (C=O) groups is 1. The van der Waals surface area contributed by atoms with Crippen molar-refractivity contribution in [2.45, 2.75) is 77.2 Å². The Hall–Kier alpha value is -2.34. The standard InChI is InChI=1S/C26H38N4O2/c1-19-15-23(32-2)11-12-24(19)28-25(31)13-10-20-7-6-14-30(17-20)18-22-16-27-29-26(22)21-8-4-3-5-9-21/h11-12,15-16,20-21H,3-10,13-14,17-18H2,1-2H3,(H,27,29)(H,28,31)/t20-/m1/s1. The number of carbonyl (C=O) groups excluding carboxylic acids is 1. The predicted molar refractivity (Wildman–Crippen MR) is 128 cm³/mol. The molecule has 2 N–H and O–H groups in total. The van der Waals surface area contributed by atoms with Crippen LogP contribution in [0.1, 0.15) is 80.5 Å². The molecule has 174 valence electrons. The number of nitrogens with zero attached hydrogens (tertiary/aromatic N) is 2. The molecular formula is C26H38N4O2. The minimum absolute atomic E-state index is 0.102. The van der Waals surface area contributed by atoms with Crippen molar-refractivity contribution in [3.05, 3.63) is 41.2 Å². The third kappa shape index (κ3) is 5.91. The fraction of sp³-hybridized carbons (Fsp3) is 0.615. The van der Waals surface area contributed by atoms with E-state index in [4.69, 9.17) is 4.74 Å². The lowest BCUT2D eigenvalue weighted by molar-refractivity contribution is -0.116. The number of nitrogens with one attached hydrogen (secondary N) is 2. The third-order valence-corrected chi connectivity index (χ3v) is 7.25. The van der Waals surface area contributed by atoms with Crippen molar-refractivity contribution in [2.75, 3.05) is 25.5 Å². The molecule has 1 amide bonds. The van der Waals surface area contributed by atoms with Gasteiger partial charge in [0.1, 0.15) is 5.75 Å². The Labute approximate surface area is 192 Å². The lowest BCUT2D eigenvalue weighted by Crippen LogP contribution is -2.35. The summed E-state index contributed by atoms with van der Waals surface area (Å²) in [5, 5.41) is 10.8. The van der Waals surface area contributed by atoms with Gasteiger partial charge in [-0.25, -0.2) is 0 Å². The number of hydrogen-bond donors (Lipinski definition) is 2. The van der Waals surface area contributed by atoms with E-state index in [1.165, 1.54) is 56.2 Å². The number of piperidine rings is 1. The van der Waals surface area contributed by atoms with Crippen LogP contribution >= 0.6 is 0 Å². The zero-order valence-electron chi connectivity index (χ0n) is 19.7. The number of H-pyrrole nitrogens is 1. The number of aryl methyl sites for hydroxylation is 1. The summed E-state index contributed by atoms with van der Waals surface area (Å²) < 4.78 is 5.25. The molecule has 1 aliphatic heterocycles. The molecule has 0 radical (unpaired) electrons. The number of aromatic nitrogens is 2. The minimum Gasteiger partial charge on any atom is -0.497 e. The molecule has 1 aromatic heterocycles. The molecule has 2 aromatic rings. The average Bonchev–Trinajstić information content (AvgIpc) is 3.28. The van der Waals surface area contributed by atoms with Gasteiger partial charge >= 0.3 is 0 Å². The second-order valence-corrected chi connectivity index (χ2v) is 9.65. The lowest BCUT2D eigenvalue weighted by Gasteiger charge is -2.33. The number of hydrogen-bond acceptors (Lipinski definition) is 4. The van der Waals surface area contributed by atoms with Crippen molar-refractivity contribution in [2.24, 2.45) is 5.92 Å². The molecule has 2 aliphatic rings. The van der Waals surface area contributed by atoms with Gasteiger partial charge in [0.2, 0.25) is 5.91 Å². The molecule has 1 aliphatic carbocycles. The van der Waals surface area contributed by atoms with Crippen LogP contribution in [0.25, 0.3) is 0 Å². The molecule has 0 bridgehead atoms. The van der Waals surface area contributed by atoms with E-state index in [0.717, 1.165) is 43.1 Å². The maximum atomic E-state index is 12.6. The molecule has 6 nitrogen and oxygen atoms in total. The highest BCUT2D eigenvalue weighted by Gasteiger charge is 2.24. The van der Waals surface area contributed by atoms with Crippen molar-refractivity contribution < 1.29 is 9.53 Å². The number of aromatic amines is 1. The van der Waals surface area contributed by atoms with Gasteiger partial charge in [-0.05, 0) is 75.3 Å². The SMILES string of the molecule is COc1ccc(NC(=O)CC[C@H]2CCCN(Cc3cn[nH]c3C3CCCCC3)C2)c(C)c1. The van der Waals surface area contributed by atoms with Crippen molar-refractivity contribution >= 4 is 11.6 Å². The van der Waals surface area contributed by atoms with Crippen LogP contribution < -0.4 is 10.1 Å². The first-order valence-electron chi connectivity index (χ1n) is 12.3. The van der Waals surface area contributed by atoms with Gasteiger partial charge in [0, 0.05) is 42.4 Å². The molecule has 1 atom stereocenters.